The average Bonchev–Trinajstić information content (AvgIpc) is 2.49. The van der Waals surface area contributed by atoms with Gasteiger partial charge in [-0.2, -0.15) is 0 Å². The Bertz CT molecular complexity index is 375. The SMILES string of the molecule is CCC(NCc1cccc(OC)n1)C1CCCCC1. The monoisotopic (exact) mass is 262 g/mol. The standard InChI is InChI=1S/C16H26N2O/c1-3-15(13-8-5-4-6-9-13)17-12-14-10-7-11-16(18-14)19-2/h7,10-11,13,15,17H,3-6,8-9,12H2,1-2H3. The first-order chi connectivity index (χ1) is 9.33. The van der Waals surface area contributed by atoms with Crippen LogP contribution in [0.3, 0.4) is 0 Å². The zero-order valence-electron chi connectivity index (χ0n) is 12.2. The summed E-state index contributed by atoms with van der Waals surface area (Å²) >= 11 is 0. The molecule has 1 heterocycles. The van der Waals surface area contributed by atoms with E-state index in [0.717, 1.165) is 18.2 Å². The van der Waals surface area contributed by atoms with Gasteiger partial charge in [0.05, 0.1) is 12.8 Å². The number of nitrogens with one attached hydrogen (secondary N) is 1. The maximum Gasteiger partial charge on any atom is 0.213 e. The summed E-state index contributed by atoms with van der Waals surface area (Å²) in [5.41, 5.74) is 1.06. The molecule has 1 aliphatic carbocycles. The molecule has 0 amide bonds. The quantitative estimate of drug-likeness (QED) is 0.851. The van der Waals surface area contributed by atoms with Gasteiger partial charge in [-0.3, -0.25) is 0 Å². The van der Waals surface area contributed by atoms with Crippen molar-refractivity contribution in [3.8, 4) is 5.88 Å². The van der Waals surface area contributed by atoms with E-state index in [2.05, 4.69) is 23.3 Å². The Morgan fingerprint density at radius 3 is 2.79 bits per heavy atom. The third-order valence-electron chi connectivity index (χ3n) is 4.19. The van der Waals surface area contributed by atoms with E-state index in [1.54, 1.807) is 7.11 Å². The molecule has 1 saturated carbocycles. The number of hydrogen-bond acceptors (Lipinski definition) is 3. The van der Waals surface area contributed by atoms with Crippen LogP contribution in [0.4, 0.5) is 0 Å². The first-order valence-electron chi connectivity index (χ1n) is 7.56. The first-order valence-corrected chi connectivity index (χ1v) is 7.56. The fourth-order valence-corrected chi connectivity index (χ4v) is 3.09. The molecule has 106 valence electrons. The van der Waals surface area contributed by atoms with E-state index < -0.39 is 0 Å². The number of pyridine rings is 1. The minimum atomic E-state index is 0.633. The highest BCUT2D eigenvalue weighted by atomic mass is 16.5. The average molecular weight is 262 g/mol. The molecule has 0 aromatic carbocycles. The Hall–Kier alpha value is -1.09. The highest BCUT2D eigenvalue weighted by Crippen LogP contribution is 2.27. The Kier molecular flexibility index (Phi) is 5.64. The Balaban J connectivity index is 1.87. The fraction of sp³-hybridized carbons (Fsp3) is 0.688. The van der Waals surface area contributed by atoms with E-state index in [0.29, 0.717) is 11.9 Å². The lowest BCUT2D eigenvalue weighted by Gasteiger charge is -2.30. The molecule has 1 aromatic heterocycles. The smallest absolute Gasteiger partial charge is 0.213 e. The van der Waals surface area contributed by atoms with Crippen molar-refractivity contribution in [2.75, 3.05) is 7.11 Å². The summed E-state index contributed by atoms with van der Waals surface area (Å²) in [4.78, 5) is 4.46. The molecule has 1 atom stereocenters. The number of ether oxygens (including phenoxy) is 1. The van der Waals surface area contributed by atoms with Crippen LogP contribution in [-0.4, -0.2) is 18.1 Å². The number of aromatic nitrogens is 1. The van der Waals surface area contributed by atoms with E-state index in [4.69, 9.17) is 4.74 Å². The van der Waals surface area contributed by atoms with Gasteiger partial charge in [-0.1, -0.05) is 32.3 Å². The largest absolute Gasteiger partial charge is 0.481 e. The molecule has 1 N–H and O–H groups in total. The molecule has 0 radical (unpaired) electrons. The maximum atomic E-state index is 5.17. The van der Waals surface area contributed by atoms with Crippen molar-refractivity contribution < 1.29 is 4.74 Å². The molecule has 1 aliphatic rings. The van der Waals surface area contributed by atoms with Crippen LogP contribution in [-0.2, 0) is 6.54 Å². The van der Waals surface area contributed by atoms with Gasteiger partial charge in [-0.25, -0.2) is 4.98 Å². The minimum absolute atomic E-state index is 0.633. The van der Waals surface area contributed by atoms with Gasteiger partial charge >= 0.3 is 0 Å². The maximum absolute atomic E-state index is 5.17. The zero-order chi connectivity index (χ0) is 13.5. The second kappa shape index (κ2) is 7.49. The predicted molar refractivity (Wildman–Crippen MR) is 78.3 cm³/mol. The molecular formula is C16H26N2O. The second-order valence-electron chi connectivity index (χ2n) is 5.47. The Morgan fingerprint density at radius 1 is 1.32 bits per heavy atom. The molecule has 0 bridgehead atoms. The van der Waals surface area contributed by atoms with Crippen LogP contribution in [0.2, 0.25) is 0 Å². The molecule has 0 aliphatic heterocycles. The molecule has 19 heavy (non-hydrogen) atoms. The van der Waals surface area contributed by atoms with E-state index in [1.165, 1.54) is 38.5 Å². The highest BCUT2D eigenvalue weighted by molar-refractivity contribution is 5.15. The summed E-state index contributed by atoms with van der Waals surface area (Å²) in [5.74, 6) is 1.55. The molecule has 2 rings (SSSR count). The van der Waals surface area contributed by atoms with Crippen LogP contribution in [0.25, 0.3) is 0 Å². The summed E-state index contributed by atoms with van der Waals surface area (Å²) in [6.07, 6.45) is 8.20. The summed E-state index contributed by atoms with van der Waals surface area (Å²) < 4.78 is 5.17. The lowest BCUT2D eigenvalue weighted by Crippen LogP contribution is -2.36. The van der Waals surface area contributed by atoms with Crippen LogP contribution in [0.5, 0.6) is 5.88 Å². The van der Waals surface area contributed by atoms with Gasteiger partial charge < -0.3 is 10.1 Å². The summed E-state index contributed by atoms with van der Waals surface area (Å²) in [5, 5.41) is 3.69. The van der Waals surface area contributed by atoms with E-state index in [1.807, 2.05) is 12.1 Å². The summed E-state index contributed by atoms with van der Waals surface area (Å²) in [7, 11) is 1.66. The van der Waals surface area contributed by atoms with Gasteiger partial charge in [0.15, 0.2) is 0 Å². The Labute approximate surface area is 116 Å². The van der Waals surface area contributed by atoms with Gasteiger partial charge in [0.2, 0.25) is 5.88 Å². The summed E-state index contributed by atoms with van der Waals surface area (Å²) in [6.45, 7) is 3.12. The van der Waals surface area contributed by atoms with Gasteiger partial charge in [0.25, 0.3) is 0 Å². The molecule has 1 unspecified atom stereocenters. The lowest BCUT2D eigenvalue weighted by atomic mass is 9.83. The van der Waals surface area contributed by atoms with Crippen molar-refractivity contribution in [1.82, 2.24) is 10.3 Å². The van der Waals surface area contributed by atoms with Crippen molar-refractivity contribution in [2.24, 2.45) is 5.92 Å². The van der Waals surface area contributed by atoms with Crippen molar-refractivity contribution in [3.63, 3.8) is 0 Å². The number of methoxy groups -OCH3 is 1. The molecule has 3 nitrogen and oxygen atoms in total. The van der Waals surface area contributed by atoms with Crippen LogP contribution < -0.4 is 10.1 Å². The molecule has 1 fully saturated rings. The van der Waals surface area contributed by atoms with Crippen LogP contribution >= 0.6 is 0 Å². The van der Waals surface area contributed by atoms with Gasteiger partial charge in [0, 0.05) is 18.7 Å². The molecular weight excluding hydrogens is 236 g/mol. The summed E-state index contributed by atoms with van der Waals surface area (Å²) in [6, 6.07) is 6.59. The van der Waals surface area contributed by atoms with Crippen LogP contribution in [0.15, 0.2) is 18.2 Å². The third kappa shape index (κ3) is 4.20. The lowest BCUT2D eigenvalue weighted by molar-refractivity contribution is 0.261. The molecule has 0 saturated heterocycles. The Morgan fingerprint density at radius 2 is 2.11 bits per heavy atom. The van der Waals surface area contributed by atoms with Crippen molar-refractivity contribution in [1.29, 1.82) is 0 Å². The first kappa shape index (κ1) is 14.3. The van der Waals surface area contributed by atoms with Crippen LogP contribution in [0, 0.1) is 5.92 Å². The highest BCUT2D eigenvalue weighted by Gasteiger charge is 2.21. The predicted octanol–water partition coefficient (Wildman–Crippen LogP) is 3.54. The van der Waals surface area contributed by atoms with E-state index in [9.17, 15) is 0 Å². The van der Waals surface area contributed by atoms with Crippen molar-refractivity contribution >= 4 is 0 Å². The van der Waals surface area contributed by atoms with Gasteiger partial charge in [-0.15, -0.1) is 0 Å². The van der Waals surface area contributed by atoms with Crippen LogP contribution in [0.1, 0.15) is 51.1 Å². The fourth-order valence-electron chi connectivity index (χ4n) is 3.09. The minimum Gasteiger partial charge on any atom is -0.481 e. The third-order valence-corrected chi connectivity index (χ3v) is 4.19. The van der Waals surface area contributed by atoms with E-state index in [-0.39, 0.29) is 0 Å². The second-order valence-corrected chi connectivity index (χ2v) is 5.47. The molecule has 0 spiro atoms. The molecule has 1 aromatic rings. The number of hydrogen-bond donors (Lipinski definition) is 1. The topological polar surface area (TPSA) is 34.1 Å². The van der Waals surface area contributed by atoms with Gasteiger partial charge in [-0.05, 0) is 31.2 Å². The van der Waals surface area contributed by atoms with E-state index >= 15 is 0 Å². The normalized spacial score (nSPS) is 18.2. The number of nitrogens with zero attached hydrogens (tertiary/aromatic N) is 1. The number of rotatable bonds is 6. The molecule has 3 heteroatoms. The van der Waals surface area contributed by atoms with Crippen molar-refractivity contribution in [2.45, 2.75) is 58.0 Å². The van der Waals surface area contributed by atoms with Gasteiger partial charge in [0.1, 0.15) is 0 Å². The van der Waals surface area contributed by atoms with Crippen molar-refractivity contribution in [3.05, 3.63) is 23.9 Å². The zero-order valence-corrected chi connectivity index (χ0v) is 12.2.